The van der Waals surface area contributed by atoms with Crippen LogP contribution in [0.2, 0.25) is 5.02 Å². The summed E-state index contributed by atoms with van der Waals surface area (Å²) in [5.74, 6) is 0.899. The minimum absolute atomic E-state index is 0.251. The molecule has 4 heteroatoms. The number of allylic oxidation sites excluding steroid dienone is 2. The maximum atomic E-state index is 11.9. The van der Waals surface area contributed by atoms with Gasteiger partial charge in [-0.3, -0.25) is 4.79 Å². The van der Waals surface area contributed by atoms with Crippen molar-refractivity contribution in [1.29, 1.82) is 0 Å². The van der Waals surface area contributed by atoms with Crippen molar-refractivity contribution in [3.05, 3.63) is 47.0 Å². The molecule has 0 saturated heterocycles. The number of nitrogens with zero attached hydrogens (tertiary/aromatic N) is 1. The number of carbonyl (C=O) groups excluding carboxylic acids is 1. The minimum Gasteiger partial charge on any atom is -0.267 e. The zero-order chi connectivity index (χ0) is 12.5. The molecule has 0 bridgehead atoms. The number of hydrogen-bond acceptors (Lipinski definition) is 2. The smallest absolute Gasteiger partial charge is 0.267 e. The Labute approximate surface area is 111 Å². The van der Waals surface area contributed by atoms with Gasteiger partial charge in [-0.1, -0.05) is 35.9 Å². The van der Waals surface area contributed by atoms with Crippen LogP contribution in [0, 0.1) is 11.8 Å². The summed E-state index contributed by atoms with van der Waals surface area (Å²) >= 11 is 5.95. The summed E-state index contributed by atoms with van der Waals surface area (Å²) in [6.07, 6.45) is 6.49. The second kappa shape index (κ2) is 4.58. The highest BCUT2D eigenvalue weighted by molar-refractivity contribution is 6.33. The molecule has 0 unspecified atom stereocenters. The quantitative estimate of drug-likeness (QED) is 0.645. The van der Waals surface area contributed by atoms with Gasteiger partial charge in [-0.15, -0.1) is 0 Å². The van der Waals surface area contributed by atoms with Crippen LogP contribution in [-0.2, 0) is 0 Å². The van der Waals surface area contributed by atoms with Crippen LogP contribution in [0.25, 0.3) is 0 Å². The Kier molecular flexibility index (Phi) is 2.92. The number of carbonyl (C=O) groups is 1. The third kappa shape index (κ3) is 1.95. The monoisotopic (exact) mass is 260 g/mol. The summed E-state index contributed by atoms with van der Waals surface area (Å²) in [6.45, 7) is 0. The molecule has 0 spiro atoms. The van der Waals surface area contributed by atoms with E-state index >= 15 is 0 Å². The fraction of sp³-hybridized carbons (Fsp3) is 0.286. The molecule has 1 aromatic carbocycles. The minimum atomic E-state index is -0.251. The summed E-state index contributed by atoms with van der Waals surface area (Å²) in [6, 6.07) is 6.97. The van der Waals surface area contributed by atoms with E-state index in [2.05, 4.69) is 22.7 Å². The molecule has 0 aromatic heterocycles. The highest BCUT2D eigenvalue weighted by Crippen LogP contribution is 2.40. The SMILES string of the molecule is O=C(N/N=C1/C[C@@H]2CC=C[C@H]12)c1ccccc1Cl. The summed E-state index contributed by atoms with van der Waals surface area (Å²) in [4.78, 5) is 11.9. The Morgan fingerprint density at radius 2 is 2.22 bits per heavy atom. The van der Waals surface area contributed by atoms with Crippen molar-refractivity contribution >= 4 is 23.2 Å². The van der Waals surface area contributed by atoms with E-state index in [0.29, 0.717) is 22.4 Å². The van der Waals surface area contributed by atoms with Crippen LogP contribution in [0.4, 0.5) is 0 Å². The van der Waals surface area contributed by atoms with E-state index in [1.54, 1.807) is 24.3 Å². The van der Waals surface area contributed by atoms with Gasteiger partial charge < -0.3 is 0 Å². The molecule has 1 fully saturated rings. The van der Waals surface area contributed by atoms with Gasteiger partial charge in [0, 0.05) is 11.6 Å². The van der Waals surface area contributed by atoms with E-state index in [1.807, 2.05) is 0 Å². The number of benzene rings is 1. The van der Waals surface area contributed by atoms with E-state index in [1.165, 1.54) is 0 Å². The lowest BCUT2D eigenvalue weighted by Crippen LogP contribution is -2.35. The molecule has 1 aromatic rings. The largest absolute Gasteiger partial charge is 0.272 e. The van der Waals surface area contributed by atoms with Crippen molar-refractivity contribution in [1.82, 2.24) is 5.43 Å². The first-order valence-electron chi connectivity index (χ1n) is 6.03. The summed E-state index contributed by atoms with van der Waals surface area (Å²) in [5, 5.41) is 4.64. The lowest BCUT2D eigenvalue weighted by molar-refractivity contribution is 0.0954. The molecule has 0 heterocycles. The normalized spacial score (nSPS) is 26.8. The highest BCUT2D eigenvalue weighted by atomic mass is 35.5. The Morgan fingerprint density at radius 3 is 3.00 bits per heavy atom. The molecule has 2 atom stereocenters. The van der Waals surface area contributed by atoms with Crippen molar-refractivity contribution in [2.75, 3.05) is 0 Å². The number of nitrogens with one attached hydrogen (secondary N) is 1. The molecule has 3 nitrogen and oxygen atoms in total. The molecular formula is C14H13ClN2O. The first-order valence-corrected chi connectivity index (χ1v) is 6.41. The van der Waals surface area contributed by atoms with Gasteiger partial charge in [-0.2, -0.15) is 5.10 Å². The number of hydrogen-bond donors (Lipinski definition) is 1. The Morgan fingerprint density at radius 1 is 1.39 bits per heavy atom. The Balaban J connectivity index is 1.67. The van der Waals surface area contributed by atoms with Crippen molar-refractivity contribution in [3.63, 3.8) is 0 Å². The van der Waals surface area contributed by atoms with E-state index < -0.39 is 0 Å². The number of fused-ring (bicyclic) bond motifs is 1. The molecular weight excluding hydrogens is 248 g/mol. The molecule has 0 aliphatic heterocycles. The van der Waals surface area contributed by atoms with Crippen LogP contribution >= 0.6 is 11.6 Å². The van der Waals surface area contributed by atoms with Gasteiger partial charge in [0.2, 0.25) is 0 Å². The van der Waals surface area contributed by atoms with E-state index in [9.17, 15) is 4.79 Å². The predicted molar refractivity (Wildman–Crippen MR) is 71.7 cm³/mol. The van der Waals surface area contributed by atoms with Crippen LogP contribution in [0.3, 0.4) is 0 Å². The molecule has 3 rings (SSSR count). The standard InChI is InChI=1S/C14H13ClN2O/c15-12-7-2-1-5-11(12)14(18)17-16-13-8-9-4-3-6-10(9)13/h1-3,5-7,9-10H,4,8H2,(H,17,18)/b16-13-/t9-,10-/m0/s1. The van der Waals surface area contributed by atoms with E-state index in [-0.39, 0.29) is 5.91 Å². The maximum Gasteiger partial charge on any atom is 0.272 e. The molecule has 2 aliphatic carbocycles. The molecule has 1 saturated carbocycles. The number of amides is 1. The van der Waals surface area contributed by atoms with Gasteiger partial charge in [0.1, 0.15) is 0 Å². The van der Waals surface area contributed by atoms with Crippen LogP contribution in [0.1, 0.15) is 23.2 Å². The second-order valence-electron chi connectivity index (χ2n) is 4.68. The highest BCUT2D eigenvalue weighted by Gasteiger charge is 2.37. The fourth-order valence-corrected chi connectivity index (χ4v) is 2.71. The van der Waals surface area contributed by atoms with Crippen LogP contribution in [0.15, 0.2) is 41.5 Å². The molecule has 2 aliphatic rings. The Bertz CT molecular complexity index is 550. The zero-order valence-corrected chi connectivity index (χ0v) is 10.5. The first-order chi connectivity index (χ1) is 8.75. The number of halogens is 1. The van der Waals surface area contributed by atoms with E-state index in [0.717, 1.165) is 18.6 Å². The van der Waals surface area contributed by atoms with Crippen molar-refractivity contribution in [2.24, 2.45) is 16.9 Å². The number of rotatable bonds is 2. The van der Waals surface area contributed by atoms with Gasteiger partial charge in [0.05, 0.1) is 10.6 Å². The van der Waals surface area contributed by atoms with Gasteiger partial charge in [0.15, 0.2) is 0 Å². The molecule has 1 amide bonds. The first kappa shape index (κ1) is 11.5. The van der Waals surface area contributed by atoms with Gasteiger partial charge in [-0.05, 0) is 30.9 Å². The molecule has 0 radical (unpaired) electrons. The second-order valence-corrected chi connectivity index (χ2v) is 5.08. The maximum absolute atomic E-state index is 11.9. The molecule has 1 N–H and O–H groups in total. The van der Waals surface area contributed by atoms with E-state index in [4.69, 9.17) is 11.6 Å². The van der Waals surface area contributed by atoms with Crippen molar-refractivity contribution in [3.8, 4) is 0 Å². The Hall–Kier alpha value is -1.61. The topological polar surface area (TPSA) is 41.5 Å². The molecule has 92 valence electrons. The third-order valence-corrected chi connectivity index (χ3v) is 3.90. The average molecular weight is 261 g/mol. The zero-order valence-electron chi connectivity index (χ0n) is 9.77. The third-order valence-electron chi connectivity index (χ3n) is 3.57. The molecule has 18 heavy (non-hydrogen) atoms. The van der Waals surface area contributed by atoms with Crippen LogP contribution < -0.4 is 5.43 Å². The fourth-order valence-electron chi connectivity index (χ4n) is 2.49. The van der Waals surface area contributed by atoms with Crippen LogP contribution in [0.5, 0.6) is 0 Å². The van der Waals surface area contributed by atoms with Gasteiger partial charge >= 0.3 is 0 Å². The van der Waals surface area contributed by atoms with Gasteiger partial charge in [-0.25, -0.2) is 5.43 Å². The van der Waals surface area contributed by atoms with Crippen LogP contribution in [-0.4, -0.2) is 11.6 Å². The summed E-state index contributed by atoms with van der Waals surface area (Å²) in [5.41, 5.74) is 4.11. The van der Waals surface area contributed by atoms with Crippen molar-refractivity contribution < 1.29 is 4.79 Å². The van der Waals surface area contributed by atoms with Crippen molar-refractivity contribution in [2.45, 2.75) is 12.8 Å². The number of hydrazone groups is 1. The lowest BCUT2D eigenvalue weighted by Gasteiger charge is -2.31. The summed E-state index contributed by atoms with van der Waals surface area (Å²) < 4.78 is 0. The lowest BCUT2D eigenvalue weighted by atomic mass is 9.74. The predicted octanol–water partition coefficient (Wildman–Crippen LogP) is 3.02. The van der Waals surface area contributed by atoms with Gasteiger partial charge in [0.25, 0.3) is 5.91 Å². The summed E-state index contributed by atoms with van der Waals surface area (Å²) in [7, 11) is 0. The average Bonchev–Trinajstić information content (AvgIpc) is 2.71.